The highest BCUT2D eigenvalue weighted by Gasteiger charge is 2.16. The maximum atomic E-state index is 12.6. The Hall–Kier alpha value is -2.98. The van der Waals surface area contributed by atoms with E-state index in [2.05, 4.69) is 15.0 Å². The second kappa shape index (κ2) is 7.12. The zero-order valence-electron chi connectivity index (χ0n) is 15.7. The minimum atomic E-state index is -3.15. The van der Waals surface area contributed by atoms with Crippen molar-refractivity contribution in [1.29, 1.82) is 0 Å². The van der Waals surface area contributed by atoms with Crippen LogP contribution in [-0.4, -0.2) is 59.8 Å². The van der Waals surface area contributed by atoms with Crippen LogP contribution in [0.2, 0.25) is 0 Å². The molecule has 0 saturated heterocycles. The van der Waals surface area contributed by atoms with Crippen molar-refractivity contribution in [2.45, 2.75) is 0 Å². The van der Waals surface area contributed by atoms with Crippen LogP contribution in [0.1, 0.15) is 10.4 Å². The van der Waals surface area contributed by atoms with E-state index in [1.54, 1.807) is 31.3 Å². The van der Waals surface area contributed by atoms with E-state index >= 15 is 0 Å². The molecule has 10 heteroatoms. The van der Waals surface area contributed by atoms with Crippen molar-refractivity contribution in [2.75, 3.05) is 25.6 Å². The maximum absolute atomic E-state index is 12.6. The summed E-state index contributed by atoms with van der Waals surface area (Å²) in [7, 11) is -1.58. The van der Waals surface area contributed by atoms with Crippen LogP contribution in [0.3, 0.4) is 0 Å². The number of fused-ring (bicyclic) bond motifs is 2. The Bertz CT molecular complexity index is 1400. The number of amides is 1. The Labute approximate surface area is 170 Å². The molecule has 150 valence electrons. The normalized spacial score (nSPS) is 11.9. The summed E-state index contributed by atoms with van der Waals surface area (Å²) in [6.45, 7) is 0.119. The summed E-state index contributed by atoms with van der Waals surface area (Å²) in [6, 6.07) is 6.92. The van der Waals surface area contributed by atoms with Gasteiger partial charge in [-0.15, -0.1) is 11.3 Å². The van der Waals surface area contributed by atoms with Crippen LogP contribution in [0, 0.1) is 0 Å². The third kappa shape index (κ3) is 3.94. The van der Waals surface area contributed by atoms with Gasteiger partial charge in [-0.05, 0) is 24.3 Å². The summed E-state index contributed by atoms with van der Waals surface area (Å²) in [6.07, 6.45) is 1.14. The number of H-pyrrole nitrogens is 2. The number of carbonyl (C=O) groups excluding carboxylic acids is 1. The van der Waals surface area contributed by atoms with Crippen molar-refractivity contribution < 1.29 is 13.2 Å². The smallest absolute Gasteiger partial charge is 0.276 e. The molecule has 29 heavy (non-hydrogen) atoms. The zero-order valence-corrected chi connectivity index (χ0v) is 17.4. The number of benzene rings is 1. The van der Waals surface area contributed by atoms with Crippen LogP contribution in [-0.2, 0) is 9.84 Å². The van der Waals surface area contributed by atoms with Gasteiger partial charge in [-0.2, -0.15) is 0 Å². The zero-order chi connectivity index (χ0) is 20.8. The molecule has 0 radical (unpaired) electrons. The molecule has 1 aromatic carbocycles. The molecule has 0 atom stereocenters. The molecule has 8 nitrogen and oxygen atoms in total. The molecule has 0 fully saturated rings. The van der Waals surface area contributed by atoms with Gasteiger partial charge in [0.25, 0.3) is 11.5 Å². The SMILES string of the molecule is CN(CCS(C)(=O)=O)C(=O)c1ccc2[nH]c(-c3nc4cscc4[nH]c3=O)cc2c1. The second-order valence-electron chi connectivity index (χ2n) is 6.93. The van der Waals surface area contributed by atoms with E-state index in [1.807, 2.05) is 10.8 Å². The van der Waals surface area contributed by atoms with E-state index in [0.717, 1.165) is 17.2 Å². The van der Waals surface area contributed by atoms with Crippen LogP contribution < -0.4 is 5.56 Å². The highest BCUT2D eigenvalue weighted by atomic mass is 32.2. The van der Waals surface area contributed by atoms with Crippen LogP contribution in [0.4, 0.5) is 0 Å². The van der Waals surface area contributed by atoms with Crippen LogP contribution in [0.15, 0.2) is 39.8 Å². The predicted molar refractivity (Wildman–Crippen MR) is 114 cm³/mol. The Morgan fingerprint density at radius 3 is 2.72 bits per heavy atom. The first-order chi connectivity index (χ1) is 13.7. The molecular formula is C19H18N4O4S2. The fourth-order valence-electron chi connectivity index (χ4n) is 3.02. The predicted octanol–water partition coefficient (Wildman–Crippen LogP) is 2.25. The summed E-state index contributed by atoms with van der Waals surface area (Å²) in [5, 5.41) is 4.45. The minimum Gasteiger partial charge on any atom is -0.353 e. The standard InChI is InChI=1S/C19H18N4O4S2/c1-23(5-6-29(2,26)27)19(25)11-3-4-13-12(7-11)8-14(20-13)17-18(24)22-16-10-28-9-15(16)21-17/h3-4,7-10,20H,5-6H2,1-2H3,(H,22,24). The van der Waals surface area contributed by atoms with Gasteiger partial charge >= 0.3 is 0 Å². The molecular weight excluding hydrogens is 412 g/mol. The number of aromatic amines is 2. The fourth-order valence-corrected chi connectivity index (χ4v) is 4.32. The summed E-state index contributed by atoms with van der Waals surface area (Å²) < 4.78 is 22.6. The van der Waals surface area contributed by atoms with Crippen LogP contribution >= 0.6 is 11.3 Å². The number of hydrogen-bond acceptors (Lipinski definition) is 6. The number of carbonyl (C=O) groups is 1. The van der Waals surface area contributed by atoms with Crippen molar-refractivity contribution >= 4 is 49.0 Å². The minimum absolute atomic E-state index is 0.0920. The third-order valence-electron chi connectivity index (χ3n) is 4.60. The lowest BCUT2D eigenvalue weighted by Crippen LogP contribution is -2.31. The maximum Gasteiger partial charge on any atom is 0.276 e. The van der Waals surface area contributed by atoms with Gasteiger partial charge in [-0.25, -0.2) is 13.4 Å². The average molecular weight is 431 g/mol. The van der Waals surface area contributed by atoms with Crippen molar-refractivity contribution in [1.82, 2.24) is 19.9 Å². The quantitative estimate of drug-likeness (QED) is 0.504. The lowest BCUT2D eigenvalue weighted by atomic mass is 10.1. The molecule has 1 amide bonds. The Morgan fingerprint density at radius 1 is 1.17 bits per heavy atom. The monoisotopic (exact) mass is 430 g/mol. The Balaban J connectivity index is 1.66. The number of thiophene rings is 1. The van der Waals surface area contributed by atoms with Gasteiger partial charge in [-0.1, -0.05) is 0 Å². The number of rotatable bonds is 5. The lowest BCUT2D eigenvalue weighted by molar-refractivity contribution is 0.0803. The van der Waals surface area contributed by atoms with Gasteiger partial charge in [0.1, 0.15) is 9.84 Å². The topological polar surface area (TPSA) is 116 Å². The molecule has 3 aromatic heterocycles. The first kappa shape index (κ1) is 19.3. The molecule has 0 bridgehead atoms. The van der Waals surface area contributed by atoms with E-state index in [1.165, 1.54) is 16.2 Å². The molecule has 4 aromatic rings. The summed E-state index contributed by atoms with van der Waals surface area (Å²) in [4.78, 5) is 36.8. The first-order valence-electron chi connectivity index (χ1n) is 8.74. The molecule has 0 aliphatic rings. The van der Waals surface area contributed by atoms with E-state index in [0.29, 0.717) is 22.3 Å². The molecule has 3 heterocycles. The van der Waals surface area contributed by atoms with Gasteiger partial charge in [0, 0.05) is 47.1 Å². The van der Waals surface area contributed by atoms with Crippen LogP contribution in [0.25, 0.3) is 33.3 Å². The number of nitrogens with one attached hydrogen (secondary N) is 2. The van der Waals surface area contributed by atoms with Crippen molar-refractivity contribution in [2.24, 2.45) is 0 Å². The summed E-state index contributed by atoms with van der Waals surface area (Å²) in [5.74, 6) is -0.361. The second-order valence-corrected chi connectivity index (χ2v) is 9.93. The third-order valence-corrected chi connectivity index (χ3v) is 6.26. The van der Waals surface area contributed by atoms with Crippen molar-refractivity contribution in [3.8, 4) is 11.4 Å². The van der Waals surface area contributed by atoms with Gasteiger partial charge < -0.3 is 14.9 Å². The molecule has 0 unspecified atom stereocenters. The van der Waals surface area contributed by atoms with E-state index in [9.17, 15) is 18.0 Å². The molecule has 2 N–H and O–H groups in total. The van der Waals surface area contributed by atoms with Crippen molar-refractivity contribution in [3.05, 3.63) is 50.9 Å². The summed E-state index contributed by atoms with van der Waals surface area (Å²) >= 11 is 1.46. The van der Waals surface area contributed by atoms with Gasteiger partial charge in [0.05, 0.1) is 22.5 Å². The largest absolute Gasteiger partial charge is 0.353 e. The molecule has 0 aliphatic carbocycles. The van der Waals surface area contributed by atoms with Crippen molar-refractivity contribution in [3.63, 3.8) is 0 Å². The molecule has 0 saturated carbocycles. The van der Waals surface area contributed by atoms with E-state index in [4.69, 9.17) is 0 Å². The Morgan fingerprint density at radius 2 is 1.97 bits per heavy atom. The molecule has 4 rings (SSSR count). The number of hydrogen-bond donors (Lipinski definition) is 2. The van der Waals surface area contributed by atoms with Gasteiger partial charge in [0.2, 0.25) is 0 Å². The summed E-state index contributed by atoms with van der Waals surface area (Å²) in [5.41, 5.74) is 3.17. The number of nitrogens with zero attached hydrogens (tertiary/aromatic N) is 2. The number of sulfone groups is 1. The highest BCUT2D eigenvalue weighted by molar-refractivity contribution is 7.90. The average Bonchev–Trinajstić information content (AvgIpc) is 3.29. The van der Waals surface area contributed by atoms with E-state index in [-0.39, 0.29) is 29.5 Å². The Kier molecular flexibility index (Phi) is 4.75. The van der Waals surface area contributed by atoms with Crippen LogP contribution in [0.5, 0.6) is 0 Å². The van der Waals surface area contributed by atoms with Gasteiger partial charge in [-0.3, -0.25) is 9.59 Å². The molecule has 0 spiro atoms. The van der Waals surface area contributed by atoms with E-state index < -0.39 is 9.84 Å². The fraction of sp³-hybridized carbons (Fsp3) is 0.211. The first-order valence-corrected chi connectivity index (χ1v) is 11.7. The molecule has 0 aliphatic heterocycles. The van der Waals surface area contributed by atoms with Gasteiger partial charge in [0.15, 0.2) is 5.69 Å². The number of aromatic nitrogens is 3. The highest BCUT2D eigenvalue weighted by Crippen LogP contribution is 2.24. The lowest BCUT2D eigenvalue weighted by Gasteiger charge is -2.16.